The fraction of sp³-hybridized carbons (Fsp3) is 0.294. The molecule has 3 nitrogen and oxygen atoms in total. The number of anilines is 1. The Bertz CT molecular complexity index is 584. The van der Waals surface area contributed by atoms with E-state index in [0.29, 0.717) is 6.61 Å². The predicted octanol–water partition coefficient (Wildman–Crippen LogP) is 5.03. The summed E-state index contributed by atoms with van der Waals surface area (Å²) in [5.41, 5.74) is 2.16. The summed E-state index contributed by atoms with van der Waals surface area (Å²) in [7, 11) is 1.68. The molecule has 1 unspecified atom stereocenters. The minimum atomic E-state index is 0.170. The largest absolute Gasteiger partial charge is 0.495 e. The summed E-state index contributed by atoms with van der Waals surface area (Å²) in [5.74, 6) is 1.73. The lowest BCUT2D eigenvalue weighted by atomic mass is 10.1. The first-order valence-electron chi connectivity index (χ1n) is 6.97. The molecule has 0 bridgehead atoms. The molecule has 4 heteroatoms. The number of nitrogens with one attached hydrogen (secondary N) is 1. The summed E-state index contributed by atoms with van der Waals surface area (Å²) >= 11 is 3.49. The molecule has 0 spiro atoms. The van der Waals surface area contributed by atoms with Crippen LogP contribution in [0.2, 0.25) is 0 Å². The lowest BCUT2D eigenvalue weighted by Crippen LogP contribution is -2.07. The van der Waals surface area contributed by atoms with E-state index in [2.05, 4.69) is 40.3 Å². The highest BCUT2D eigenvalue weighted by Gasteiger charge is 2.09. The van der Waals surface area contributed by atoms with Crippen molar-refractivity contribution >= 4 is 21.6 Å². The van der Waals surface area contributed by atoms with Gasteiger partial charge < -0.3 is 14.8 Å². The highest BCUT2D eigenvalue weighted by molar-refractivity contribution is 9.10. The summed E-state index contributed by atoms with van der Waals surface area (Å²) in [5, 5.41) is 3.47. The first-order valence-corrected chi connectivity index (χ1v) is 7.76. The van der Waals surface area contributed by atoms with Gasteiger partial charge >= 0.3 is 0 Å². The topological polar surface area (TPSA) is 30.5 Å². The minimum absolute atomic E-state index is 0.170. The van der Waals surface area contributed by atoms with Crippen LogP contribution in [0.5, 0.6) is 11.5 Å². The van der Waals surface area contributed by atoms with E-state index in [1.54, 1.807) is 7.11 Å². The highest BCUT2D eigenvalue weighted by Crippen LogP contribution is 2.31. The van der Waals surface area contributed by atoms with Gasteiger partial charge in [0.1, 0.15) is 11.5 Å². The Morgan fingerprint density at radius 2 is 1.86 bits per heavy atom. The molecule has 0 aliphatic heterocycles. The third-order valence-electron chi connectivity index (χ3n) is 3.22. The van der Waals surface area contributed by atoms with Crippen LogP contribution >= 0.6 is 15.9 Å². The molecular formula is C17H20BrNO2. The Kier molecular flexibility index (Phi) is 5.51. The summed E-state index contributed by atoms with van der Waals surface area (Å²) < 4.78 is 11.9. The number of rotatable bonds is 6. The van der Waals surface area contributed by atoms with Crippen LogP contribution in [0.1, 0.15) is 25.5 Å². The van der Waals surface area contributed by atoms with Gasteiger partial charge in [-0.15, -0.1) is 0 Å². The van der Waals surface area contributed by atoms with E-state index in [-0.39, 0.29) is 6.04 Å². The van der Waals surface area contributed by atoms with Crippen molar-refractivity contribution in [2.45, 2.75) is 19.9 Å². The Hall–Kier alpha value is -1.68. The van der Waals surface area contributed by atoms with Gasteiger partial charge in [-0.3, -0.25) is 0 Å². The number of hydrogen-bond donors (Lipinski definition) is 1. The monoisotopic (exact) mass is 349 g/mol. The molecule has 1 N–H and O–H groups in total. The maximum Gasteiger partial charge on any atom is 0.142 e. The molecular weight excluding hydrogens is 330 g/mol. The van der Waals surface area contributed by atoms with Crippen molar-refractivity contribution in [1.29, 1.82) is 0 Å². The van der Waals surface area contributed by atoms with Crippen molar-refractivity contribution < 1.29 is 9.47 Å². The van der Waals surface area contributed by atoms with E-state index >= 15 is 0 Å². The minimum Gasteiger partial charge on any atom is -0.495 e. The van der Waals surface area contributed by atoms with E-state index in [1.807, 2.05) is 37.3 Å². The van der Waals surface area contributed by atoms with Gasteiger partial charge in [-0.25, -0.2) is 0 Å². The molecule has 2 aromatic carbocycles. The van der Waals surface area contributed by atoms with Crippen molar-refractivity contribution in [2.75, 3.05) is 19.0 Å². The Balaban J connectivity index is 2.13. The molecule has 2 aromatic rings. The highest BCUT2D eigenvalue weighted by atomic mass is 79.9. The Morgan fingerprint density at radius 1 is 1.14 bits per heavy atom. The normalized spacial score (nSPS) is 11.8. The van der Waals surface area contributed by atoms with Gasteiger partial charge in [-0.05, 0) is 49.7 Å². The molecule has 0 amide bonds. The van der Waals surface area contributed by atoms with Gasteiger partial charge in [-0.1, -0.05) is 28.1 Å². The number of ether oxygens (including phenoxy) is 2. The van der Waals surface area contributed by atoms with Crippen molar-refractivity contribution in [3.05, 3.63) is 52.5 Å². The number of methoxy groups -OCH3 is 1. The average Bonchev–Trinajstić information content (AvgIpc) is 2.48. The van der Waals surface area contributed by atoms with E-state index in [1.165, 1.54) is 5.56 Å². The van der Waals surface area contributed by atoms with Crippen LogP contribution in [0.4, 0.5) is 5.69 Å². The quantitative estimate of drug-likeness (QED) is 0.793. The van der Waals surface area contributed by atoms with Gasteiger partial charge in [0.05, 0.1) is 19.4 Å². The first-order chi connectivity index (χ1) is 10.1. The smallest absolute Gasteiger partial charge is 0.142 e. The van der Waals surface area contributed by atoms with Crippen molar-refractivity contribution in [2.24, 2.45) is 0 Å². The van der Waals surface area contributed by atoms with E-state index < -0.39 is 0 Å². The SMILES string of the molecule is CCOc1ccc(C(C)Nc2cc(Br)ccc2OC)cc1. The Labute approximate surface area is 134 Å². The molecule has 0 aliphatic carbocycles. The molecule has 0 aromatic heterocycles. The third kappa shape index (κ3) is 4.14. The molecule has 0 fully saturated rings. The molecule has 0 heterocycles. The van der Waals surface area contributed by atoms with Crippen LogP contribution in [0.25, 0.3) is 0 Å². The van der Waals surface area contributed by atoms with Crippen LogP contribution in [-0.2, 0) is 0 Å². The number of benzene rings is 2. The fourth-order valence-electron chi connectivity index (χ4n) is 2.13. The van der Waals surface area contributed by atoms with Gasteiger partial charge in [0, 0.05) is 10.5 Å². The average molecular weight is 350 g/mol. The molecule has 21 heavy (non-hydrogen) atoms. The second kappa shape index (κ2) is 7.36. The van der Waals surface area contributed by atoms with Gasteiger partial charge in [0.2, 0.25) is 0 Å². The predicted molar refractivity (Wildman–Crippen MR) is 90.3 cm³/mol. The summed E-state index contributed by atoms with van der Waals surface area (Å²) in [6.45, 7) is 4.79. The standard InChI is InChI=1S/C17H20BrNO2/c1-4-21-15-8-5-13(6-9-15)12(2)19-16-11-14(18)7-10-17(16)20-3/h5-12,19H,4H2,1-3H3. The second-order valence-electron chi connectivity index (χ2n) is 4.71. The van der Waals surface area contributed by atoms with Gasteiger partial charge in [-0.2, -0.15) is 0 Å². The molecule has 0 saturated carbocycles. The van der Waals surface area contributed by atoms with E-state index in [0.717, 1.165) is 21.7 Å². The summed E-state index contributed by atoms with van der Waals surface area (Å²) in [6, 6.07) is 14.2. The molecule has 2 rings (SSSR count). The van der Waals surface area contributed by atoms with Crippen molar-refractivity contribution in [1.82, 2.24) is 0 Å². The first kappa shape index (κ1) is 15.7. The van der Waals surface area contributed by atoms with Crippen molar-refractivity contribution in [3.63, 3.8) is 0 Å². The van der Waals surface area contributed by atoms with Crippen LogP contribution in [0.3, 0.4) is 0 Å². The molecule has 0 aliphatic rings. The van der Waals surface area contributed by atoms with Gasteiger partial charge in [0.15, 0.2) is 0 Å². The maximum atomic E-state index is 5.46. The zero-order valence-electron chi connectivity index (χ0n) is 12.5. The van der Waals surface area contributed by atoms with Crippen LogP contribution in [-0.4, -0.2) is 13.7 Å². The number of halogens is 1. The zero-order chi connectivity index (χ0) is 15.2. The second-order valence-corrected chi connectivity index (χ2v) is 5.63. The van der Waals surface area contributed by atoms with E-state index in [4.69, 9.17) is 9.47 Å². The zero-order valence-corrected chi connectivity index (χ0v) is 14.1. The van der Waals surface area contributed by atoms with Crippen LogP contribution in [0.15, 0.2) is 46.9 Å². The van der Waals surface area contributed by atoms with Crippen molar-refractivity contribution in [3.8, 4) is 11.5 Å². The molecule has 1 atom stereocenters. The molecule has 0 saturated heterocycles. The molecule has 112 valence electrons. The van der Waals surface area contributed by atoms with Crippen LogP contribution < -0.4 is 14.8 Å². The molecule has 0 radical (unpaired) electrons. The fourth-order valence-corrected chi connectivity index (χ4v) is 2.49. The lowest BCUT2D eigenvalue weighted by molar-refractivity contribution is 0.340. The Morgan fingerprint density at radius 3 is 2.48 bits per heavy atom. The maximum absolute atomic E-state index is 5.46. The number of hydrogen-bond acceptors (Lipinski definition) is 3. The van der Waals surface area contributed by atoms with E-state index in [9.17, 15) is 0 Å². The third-order valence-corrected chi connectivity index (χ3v) is 3.72. The summed E-state index contributed by atoms with van der Waals surface area (Å²) in [6.07, 6.45) is 0. The lowest BCUT2D eigenvalue weighted by Gasteiger charge is -2.18. The van der Waals surface area contributed by atoms with Crippen LogP contribution in [0, 0.1) is 0 Å². The summed E-state index contributed by atoms with van der Waals surface area (Å²) in [4.78, 5) is 0. The van der Waals surface area contributed by atoms with Gasteiger partial charge in [0.25, 0.3) is 0 Å².